The van der Waals surface area contributed by atoms with Gasteiger partial charge in [-0.25, -0.2) is 0 Å². The Kier molecular flexibility index (Phi) is 6.46. The van der Waals surface area contributed by atoms with Crippen molar-refractivity contribution in [3.05, 3.63) is 68.8 Å². The highest BCUT2D eigenvalue weighted by atomic mass is 79.9. The summed E-state index contributed by atoms with van der Waals surface area (Å²) in [4.78, 5) is 14.3. The molecule has 0 saturated heterocycles. The molecule has 0 N–H and O–H groups in total. The van der Waals surface area contributed by atoms with E-state index >= 15 is 0 Å². The lowest BCUT2D eigenvalue weighted by atomic mass is 10.2. The summed E-state index contributed by atoms with van der Waals surface area (Å²) < 4.78 is 14.2. The Hall–Kier alpha value is -2.25. The minimum absolute atomic E-state index is 0.204. The lowest BCUT2D eigenvalue weighted by Gasteiger charge is -2.17. The molecule has 1 aromatic carbocycles. The Morgan fingerprint density at radius 1 is 1.36 bits per heavy atom. The largest absolute Gasteiger partial charge is 0.485 e. The molecule has 28 heavy (non-hydrogen) atoms. The average Bonchev–Trinajstić information content (AvgIpc) is 3.27. The van der Waals surface area contributed by atoms with Gasteiger partial charge in [0.1, 0.15) is 18.1 Å². The van der Waals surface area contributed by atoms with Crippen molar-refractivity contribution < 1.29 is 13.9 Å². The number of carbonyl (C=O) groups excluding carboxylic acids is 1. The van der Waals surface area contributed by atoms with Gasteiger partial charge in [-0.15, -0.1) is 0 Å². The quantitative estimate of drug-likeness (QED) is 0.488. The molecule has 1 amide bonds. The predicted molar refractivity (Wildman–Crippen MR) is 111 cm³/mol. The maximum atomic E-state index is 12.7. The maximum absolute atomic E-state index is 12.7. The average molecular weight is 467 g/mol. The number of rotatable bonds is 7. The molecule has 0 aliphatic rings. The van der Waals surface area contributed by atoms with Crippen LogP contribution in [-0.2, 0) is 19.7 Å². The van der Waals surface area contributed by atoms with Crippen LogP contribution in [0.15, 0.2) is 45.4 Å². The zero-order valence-corrected chi connectivity index (χ0v) is 18.2. The normalized spacial score (nSPS) is 10.9. The van der Waals surface area contributed by atoms with Gasteiger partial charge in [-0.2, -0.15) is 5.10 Å². The highest BCUT2D eigenvalue weighted by Crippen LogP contribution is 2.23. The van der Waals surface area contributed by atoms with Crippen LogP contribution >= 0.6 is 27.5 Å². The number of hydrogen-bond acceptors (Lipinski definition) is 4. The van der Waals surface area contributed by atoms with Crippen molar-refractivity contribution in [2.24, 2.45) is 0 Å². The fourth-order valence-electron chi connectivity index (χ4n) is 2.80. The van der Waals surface area contributed by atoms with E-state index in [4.69, 9.17) is 20.8 Å². The maximum Gasteiger partial charge on any atom is 0.289 e. The number of carbonyl (C=O) groups is 1. The number of benzene rings is 1. The van der Waals surface area contributed by atoms with Gasteiger partial charge >= 0.3 is 0 Å². The summed E-state index contributed by atoms with van der Waals surface area (Å²) in [5.74, 6) is 1.37. The molecule has 0 saturated carbocycles. The molecule has 0 aliphatic carbocycles. The van der Waals surface area contributed by atoms with E-state index in [0.29, 0.717) is 17.3 Å². The Morgan fingerprint density at radius 2 is 2.14 bits per heavy atom. The number of hydrogen-bond donors (Lipinski definition) is 0. The number of aromatic nitrogens is 2. The third-order valence-corrected chi connectivity index (χ3v) is 5.21. The molecule has 0 radical (unpaired) electrons. The van der Waals surface area contributed by atoms with Crippen LogP contribution in [0.4, 0.5) is 0 Å². The smallest absolute Gasteiger partial charge is 0.289 e. The molecular weight excluding hydrogens is 446 g/mol. The molecule has 0 unspecified atom stereocenters. The van der Waals surface area contributed by atoms with E-state index in [1.807, 2.05) is 30.7 Å². The van der Waals surface area contributed by atoms with Crippen LogP contribution in [-0.4, -0.2) is 27.6 Å². The first-order chi connectivity index (χ1) is 13.4. The SMILES string of the molecule is CCn1ncc(Br)c1CN(C)C(=O)c1ccc(COc2ccc(Cl)cc2C)o1. The van der Waals surface area contributed by atoms with Gasteiger partial charge in [-0.1, -0.05) is 11.6 Å². The van der Waals surface area contributed by atoms with E-state index in [0.717, 1.165) is 28.0 Å². The fourth-order valence-corrected chi connectivity index (χ4v) is 3.44. The van der Waals surface area contributed by atoms with Gasteiger partial charge in [0.25, 0.3) is 5.91 Å². The van der Waals surface area contributed by atoms with E-state index in [1.165, 1.54) is 0 Å². The summed E-state index contributed by atoms with van der Waals surface area (Å²) in [6, 6.07) is 8.84. The zero-order chi connectivity index (χ0) is 20.3. The molecule has 0 bridgehead atoms. The van der Waals surface area contributed by atoms with E-state index in [9.17, 15) is 4.79 Å². The molecule has 3 rings (SSSR count). The third kappa shape index (κ3) is 4.59. The fraction of sp³-hybridized carbons (Fsp3) is 0.300. The molecule has 0 aliphatic heterocycles. The molecule has 0 fully saturated rings. The Labute approximate surface area is 177 Å². The summed E-state index contributed by atoms with van der Waals surface area (Å²) in [5.41, 5.74) is 1.87. The lowest BCUT2D eigenvalue weighted by Crippen LogP contribution is -2.27. The van der Waals surface area contributed by atoms with Crippen molar-refractivity contribution in [2.45, 2.75) is 33.5 Å². The topological polar surface area (TPSA) is 60.5 Å². The van der Waals surface area contributed by atoms with Gasteiger partial charge in [-0.3, -0.25) is 9.48 Å². The Balaban J connectivity index is 1.64. The number of furan rings is 1. The molecule has 8 heteroatoms. The highest BCUT2D eigenvalue weighted by Gasteiger charge is 2.19. The van der Waals surface area contributed by atoms with Gasteiger partial charge in [-0.05, 0) is 65.7 Å². The predicted octanol–water partition coefficient (Wildman–Crippen LogP) is 5.07. The summed E-state index contributed by atoms with van der Waals surface area (Å²) >= 11 is 9.44. The van der Waals surface area contributed by atoms with Gasteiger partial charge in [0.15, 0.2) is 5.76 Å². The van der Waals surface area contributed by atoms with Crippen molar-refractivity contribution in [1.82, 2.24) is 14.7 Å². The van der Waals surface area contributed by atoms with Crippen LogP contribution in [0.5, 0.6) is 5.75 Å². The molecule has 148 valence electrons. The monoisotopic (exact) mass is 465 g/mol. The van der Waals surface area contributed by atoms with Crippen LogP contribution in [0.1, 0.15) is 34.5 Å². The Morgan fingerprint density at radius 3 is 2.86 bits per heavy atom. The molecule has 0 atom stereocenters. The standard InChI is InChI=1S/C20H21BrClN3O3/c1-4-25-17(16(21)10-23-25)11-24(3)20(26)19-8-6-15(28-19)12-27-18-7-5-14(22)9-13(18)2/h5-10H,4,11-12H2,1-3H3. The van der Waals surface area contributed by atoms with Crippen molar-refractivity contribution in [1.29, 1.82) is 0 Å². The van der Waals surface area contributed by atoms with E-state index in [-0.39, 0.29) is 18.3 Å². The number of halogens is 2. The van der Waals surface area contributed by atoms with Gasteiger partial charge in [0.05, 0.1) is 22.9 Å². The number of nitrogens with zero attached hydrogens (tertiary/aromatic N) is 3. The molecule has 2 aromatic heterocycles. The second-order valence-electron chi connectivity index (χ2n) is 6.38. The number of amides is 1. The van der Waals surface area contributed by atoms with Crippen molar-refractivity contribution >= 4 is 33.4 Å². The molecular formula is C20H21BrClN3O3. The molecule has 6 nitrogen and oxygen atoms in total. The number of aryl methyl sites for hydroxylation is 2. The van der Waals surface area contributed by atoms with E-state index < -0.39 is 0 Å². The van der Waals surface area contributed by atoms with Crippen LogP contribution in [0.25, 0.3) is 0 Å². The first kappa shape index (κ1) is 20.5. The van der Waals surface area contributed by atoms with Crippen LogP contribution in [0, 0.1) is 6.92 Å². The van der Waals surface area contributed by atoms with Crippen LogP contribution < -0.4 is 4.74 Å². The molecule has 0 spiro atoms. The van der Waals surface area contributed by atoms with Crippen LogP contribution in [0.2, 0.25) is 5.02 Å². The first-order valence-corrected chi connectivity index (χ1v) is 9.99. The van der Waals surface area contributed by atoms with Crippen molar-refractivity contribution in [3.8, 4) is 5.75 Å². The zero-order valence-electron chi connectivity index (χ0n) is 15.9. The van der Waals surface area contributed by atoms with Crippen molar-refractivity contribution in [3.63, 3.8) is 0 Å². The second-order valence-corrected chi connectivity index (χ2v) is 7.67. The summed E-state index contributed by atoms with van der Waals surface area (Å²) in [6.45, 7) is 5.31. The highest BCUT2D eigenvalue weighted by molar-refractivity contribution is 9.10. The van der Waals surface area contributed by atoms with Crippen LogP contribution in [0.3, 0.4) is 0 Å². The second kappa shape index (κ2) is 8.84. The van der Waals surface area contributed by atoms with E-state index in [1.54, 1.807) is 36.3 Å². The molecule has 3 aromatic rings. The van der Waals surface area contributed by atoms with Gasteiger partial charge in [0, 0.05) is 18.6 Å². The Bertz CT molecular complexity index is 983. The lowest BCUT2D eigenvalue weighted by molar-refractivity contribution is 0.0745. The molecule has 2 heterocycles. The summed E-state index contributed by atoms with van der Waals surface area (Å²) in [7, 11) is 1.73. The third-order valence-electron chi connectivity index (χ3n) is 4.31. The minimum atomic E-state index is -0.204. The van der Waals surface area contributed by atoms with Gasteiger partial charge < -0.3 is 14.1 Å². The summed E-state index contributed by atoms with van der Waals surface area (Å²) in [6.07, 6.45) is 1.73. The van der Waals surface area contributed by atoms with Gasteiger partial charge in [0.2, 0.25) is 0 Å². The number of ether oxygens (including phenoxy) is 1. The van der Waals surface area contributed by atoms with Crippen molar-refractivity contribution in [2.75, 3.05) is 7.05 Å². The summed E-state index contributed by atoms with van der Waals surface area (Å²) in [5, 5.41) is 4.93. The first-order valence-electron chi connectivity index (χ1n) is 8.82. The van der Waals surface area contributed by atoms with E-state index in [2.05, 4.69) is 21.0 Å². The minimum Gasteiger partial charge on any atom is -0.485 e.